The van der Waals surface area contributed by atoms with Crippen LogP contribution in [0.15, 0.2) is 18.2 Å². The van der Waals surface area contributed by atoms with Gasteiger partial charge in [-0.3, -0.25) is 0 Å². The van der Waals surface area contributed by atoms with Crippen LogP contribution in [0.25, 0.3) is 0 Å². The lowest BCUT2D eigenvalue weighted by molar-refractivity contribution is 0.281. The van der Waals surface area contributed by atoms with Crippen LogP contribution in [0.4, 0.5) is 4.39 Å². The Morgan fingerprint density at radius 1 is 1.28 bits per heavy atom. The molecule has 0 amide bonds. The van der Waals surface area contributed by atoms with Crippen LogP contribution < -0.4 is 5.32 Å². The summed E-state index contributed by atoms with van der Waals surface area (Å²) in [6.45, 7) is 4.00. The van der Waals surface area contributed by atoms with E-state index in [2.05, 4.69) is 12.2 Å². The minimum atomic E-state index is -0.220. The molecule has 1 aromatic carbocycles. The third-order valence-electron chi connectivity index (χ3n) is 3.89. The first-order chi connectivity index (χ1) is 8.65. The maximum Gasteiger partial charge on any atom is 0.123 e. The highest BCUT2D eigenvalue weighted by Gasteiger charge is 2.17. The molecule has 0 heterocycles. The lowest BCUT2D eigenvalue weighted by Gasteiger charge is -2.26. The molecule has 100 valence electrons. The van der Waals surface area contributed by atoms with Gasteiger partial charge in [-0.1, -0.05) is 31.4 Å². The highest BCUT2D eigenvalue weighted by atomic mass is 35.5. The predicted octanol–water partition coefficient (Wildman–Crippen LogP) is 4.40. The summed E-state index contributed by atoms with van der Waals surface area (Å²) in [5.74, 6) is 1.44. The van der Waals surface area contributed by atoms with Gasteiger partial charge in [0.15, 0.2) is 0 Å². The van der Waals surface area contributed by atoms with E-state index in [1.165, 1.54) is 37.8 Å². The molecular weight excluding hydrogens is 249 g/mol. The second-order valence-corrected chi connectivity index (χ2v) is 5.90. The molecule has 1 aromatic rings. The molecule has 0 aromatic heterocycles. The zero-order valence-electron chi connectivity index (χ0n) is 10.9. The molecule has 0 atom stereocenters. The van der Waals surface area contributed by atoms with Gasteiger partial charge in [0.05, 0.1) is 0 Å². The zero-order chi connectivity index (χ0) is 13.0. The molecule has 1 fully saturated rings. The smallest absolute Gasteiger partial charge is 0.123 e. The van der Waals surface area contributed by atoms with Gasteiger partial charge in [0.25, 0.3) is 0 Å². The average Bonchev–Trinajstić information content (AvgIpc) is 2.36. The van der Waals surface area contributed by atoms with Crippen LogP contribution in [0.1, 0.15) is 38.2 Å². The second kappa shape index (κ2) is 6.53. The molecule has 0 saturated heterocycles. The van der Waals surface area contributed by atoms with Crippen molar-refractivity contribution < 1.29 is 4.39 Å². The molecule has 18 heavy (non-hydrogen) atoms. The number of hydrogen-bond donors (Lipinski definition) is 1. The van der Waals surface area contributed by atoms with Crippen LogP contribution >= 0.6 is 11.6 Å². The lowest BCUT2D eigenvalue weighted by atomic mass is 9.83. The quantitative estimate of drug-likeness (QED) is 0.855. The molecule has 1 aliphatic carbocycles. The summed E-state index contributed by atoms with van der Waals surface area (Å²) in [5, 5.41) is 4.04. The fourth-order valence-corrected chi connectivity index (χ4v) is 2.81. The molecule has 2 rings (SSSR count). The van der Waals surface area contributed by atoms with Crippen molar-refractivity contribution in [1.29, 1.82) is 0 Å². The Morgan fingerprint density at radius 3 is 2.72 bits per heavy atom. The number of rotatable bonds is 4. The van der Waals surface area contributed by atoms with Gasteiger partial charge < -0.3 is 5.32 Å². The molecule has 1 saturated carbocycles. The fourth-order valence-electron chi connectivity index (χ4n) is 2.62. The van der Waals surface area contributed by atoms with Crippen LogP contribution in [0, 0.1) is 17.7 Å². The molecule has 1 N–H and O–H groups in total. The van der Waals surface area contributed by atoms with Crippen molar-refractivity contribution in [3.63, 3.8) is 0 Å². The maximum absolute atomic E-state index is 13.1. The first kappa shape index (κ1) is 13.8. The predicted molar refractivity (Wildman–Crippen MR) is 74.2 cm³/mol. The van der Waals surface area contributed by atoms with Gasteiger partial charge in [0, 0.05) is 11.6 Å². The van der Waals surface area contributed by atoms with E-state index >= 15 is 0 Å². The summed E-state index contributed by atoms with van der Waals surface area (Å²) in [4.78, 5) is 0. The summed E-state index contributed by atoms with van der Waals surface area (Å²) in [7, 11) is 0. The van der Waals surface area contributed by atoms with E-state index in [0.29, 0.717) is 11.6 Å². The Balaban J connectivity index is 1.76. The summed E-state index contributed by atoms with van der Waals surface area (Å²) in [5.41, 5.74) is 0.848. The van der Waals surface area contributed by atoms with E-state index < -0.39 is 0 Å². The molecule has 0 unspecified atom stereocenters. The van der Waals surface area contributed by atoms with Crippen LogP contribution in [0.3, 0.4) is 0 Å². The monoisotopic (exact) mass is 269 g/mol. The minimum Gasteiger partial charge on any atom is -0.312 e. The van der Waals surface area contributed by atoms with E-state index in [-0.39, 0.29) is 5.82 Å². The number of benzene rings is 1. The molecule has 1 nitrogen and oxygen atoms in total. The Labute approximate surface area is 114 Å². The average molecular weight is 270 g/mol. The van der Waals surface area contributed by atoms with Gasteiger partial charge in [-0.05, 0) is 55.0 Å². The van der Waals surface area contributed by atoms with Gasteiger partial charge in [-0.25, -0.2) is 4.39 Å². The van der Waals surface area contributed by atoms with Crippen LogP contribution in [-0.2, 0) is 6.54 Å². The van der Waals surface area contributed by atoms with E-state index in [4.69, 9.17) is 11.6 Å². The Kier molecular flexibility index (Phi) is 5.02. The van der Waals surface area contributed by atoms with E-state index in [1.54, 1.807) is 6.07 Å². The normalized spacial score (nSPS) is 24.2. The molecule has 0 aliphatic heterocycles. The van der Waals surface area contributed by atoms with Crippen molar-refractivity contribution >= 4 is 11.6 Å². The highest BCUT2D eigenvalue weighted by molar-refractivity contribution is 6.31. The largest absolute Gasteiger partial charge is 0.312 e. The van der Waals surface area contributed by atoms with Gasteiger partial charge in [0.1, 0.15) is 5.82 Å². The van der Waals surface area contributed by atoms with Crippen molar-refractivity contribution in [2.45, 2.75) is 39.2 Å². The minimum absolute atomic E-state index is 0.220. The maximum atomic E-state index is 13.1. The third kappa shape index (κ3) is 3.96. The molecule has 0 spiro atoms. The Morgan fingerprint density at radius 2 is 2.00 bits per heavy atom. The third-order valence-corrected chi connectivity index (χ3v) is 4.26. The highest BCUT2D eigenvalue weighted by Crippen LogP contribution is 2.27. The summed E-state index contributed by atoms with van der Waals surface area (Å²) in [6, 6.07) is 4.53. The Bertz CT molecular complexity index is 386. The van der Waals surface area contributed by atoms with Gasteiger partial charge in [0.2, 0.25) is 0 Å². The fraction of sp³-hybridized carbons (Fsp3) is 0.600. The second-order valence-electron chi connectivity index (χ2n) is 5.49. The lowest BCUT2D eigenvalue weighted by Crippen LogP contribution is -2.25. The molecule has 0 bridgehead atoms. The van der Waals surface area contributed by atoms with Gasteiger partial charge >= 0.3 is 0 Å². The number of nitrogens with one attached hydrogen (secondary N) is 1. The number of hydrogen-bond acceptors (Lipinski definition) is 1. The molecular formula is C15H21ClFN. The molecule has 0 radical (unpaired) electrons. The van der Waals surface area contributed by atoms with Crippen molar-refractivity contribution in [1.82, 2.24) is 5.32 Å². The van der Waals surface area contributed by atoms with Crippen molar-refractivity contribution in [2.75, 3.05) is 6.54 Å². The SMILES string of the molecule is CC1CCC(CNCc2cc(F)ccc2Cl)CC1. The summed E-state index contributed by atoms with van der Waals surface area (Å²) >= 11 is 6.03. The van der Waals surface area contributed by atoms with E-state index in [9.17, 15) is 4.39 Å². The van der Waals surface area contributed by atoms with Crippen molar-refractivity contribution in [3.8, 4) is 0 Å². The molecule has 3 heteroatoms. The molecule has 1 aliphatic rings. The zero-order valence-corrected chi connectivity index (χ0v) is 11.6. The number of halogens is 2. The topological polar surface area (TPSA) is 12.0 Å². The van der Waals surface area contributed by atoms with E-state index in [0.717, 1.165) is 23.9 Å². The Hall–Kier alpha value is -0.600. The van der Waals surface area contributed by atoms with Gasteiger partial charge in [-0.2, -0.15) is 0 Å². The van der Waals surface area contributed by atoms with Crippen LogP contribution in [0.2, 0.25) is 5.02 Å². The van der Waals surface area contributed by atoms with Crippen LogP contribution in [0.5, 0.6) is 0 Å². The first-order valence-corrected chi connectivity index (χ1v) is 7.17. The van der Waals surface area contributed by atoms with E-state index in [1.807, 2.05) is 0 Å². The first-order valence-electron chi connectivity index (χ1n) is 6.80. The van der Waals surface area contributed by atoms with Crippen molar-refractivity contribution in [3.05, 3.63) is 34.6 Å². The van der Waals surface area contributed by atoms with Crippen molar-refractivity contribution in [2.24, 2.45) is 11.8 Å². The summed E-state index contributed by atoms with van der Waals surface area (Å²) < 4.78 is 13.1. The standard InChI is InChI=1S/C15H21ClFN/c1-11-2-4-12(5-3-11)9-18-10-13-8-14(17)6-7-15(13)16/h6-8,11-12,18H,2-5,9-10H2,1H3. The summed E-state index contributed by atoms with van der Waals surface area (Å²) in [6.07, 6.45) is 5.30. The van der Waals surface area contributed by atoms with Crippen LogP contribution in [-0.4, -0.2) is 6.54 Å². The van der Waals surface area contributed by atoms with Gasteiger partial charge in [-0.15, -0.1) is 0 Å².